The van der Waals surface area contributed by atoms with Gasteiger partial charge in [0.25, 0.3) is 5.91 Å². The summed E-state index contributed by atoms with van der Waals surface area (Å²) in [6.45, 7) is 1.30. The molecule has 2 aliphatic rings. The summed E-state index contributed by atoms with van der Waals surface area (Å²) in [5.41, 5.74) is 0.720. The molecule has 1 fully saturated rings. The number of rotatable bonds is 1. The van der Waals surface area contributed by atoms with Crippen LogP contribution in [0.5, 0.6) is 5.75 Å². The van der Waals surface area contributed by atoms with Crippen molar-refractivity contribution >= 4 is 11.8 Å². The van der Waals surface area contributed by atoms with Gasteiger partial charge in [-0.3, -0.25) is 9.59 Å². The zero-order valence-corrected chi connectivity index (χ0v) is 18.5. The zero-order chi connectivity index (χ0) is 22.4. The summed E-state index contributed by atoms with van der Waals surface area (Å²) in [5, 5.41) is 9.27. The Morgan fingerprint density at radius 2 is 1.94 bits per heavy atom. The molecule has 0 N–H and O–H groups in total. The van der Waals surface area contributed by atoms with E-state index in [2.05, 4.69) is 6.07 Å². The monoisotopic (exact) mass is 429 g/mol. The first kappa shape index (κ1) is 23.0. The van der Waals surface area contributed by atoms with E-state index in [1.807, 2.05) is 0 Å². The van der Waals surface area contributed by atoms with E-state index < -0.39 is 0 Å². The summed E-state index contributed by atoms with van der Waals surface area (Å²) in [7, 11) is 5.16. The third-order valence-electron chi connectivity index (χ3n) is 6.04. The summed E-state index contributed by atoms with van der Waals surface area (Å²) in [4.78, 5) is 28.8. The molecule has 2 aliphatic heterocycles. The molecular weight excluding hydrogens is 398 g/mol. The third-order valence-corrected chi connectivity index (χ3v) is 6.04. The first-order valence-electron chi connectivity index (χ1n) is 10.8. The normalized spacial score (nSPS) is 26.1. The van der Waals surface area contributed by atoms with Gasteiger partial charge >= 0.3 is 0 Å². The molecule has 168 valence electrons. The van der Waals surface area contributed by atoms with Crippen LogP contribution in [0.3, 0.4) is 0 Å². The van der Waals surface area contributed by atoms with Gasteiger partial charge in [-0.15, -0.1) is 0 Å². The van der Waals surface area contributed by atoms with Crippen molar-refractivity contribution < 1.29 is 23.8 Å². The Morgan fingerprint density at radius 1 is 1.13 bits per heavy atom. The van der Waals surface area contributed by atoms with Crippen LogP contribution in [0.4, 0.5) is 0 Å². The highest BCUT2D eigenvalue weighted by Gasteiger charge is 2.32. The Hall–Kier alpha value is -2.63. The van der Waals surface area contributed by atoms with Crippen LogP contribution >= 0.6 is 0 Å². The molecule has 2 bridgehead atoms. The van der Waals surface area contributed by atoms with Crippen molar-refractivity contribution in [2.24, 2.45) is 0 Å². The molecule has 0 unspecified atom stereocenters. The lowest BCUT2D eigenvalue weighted by molar-refractivity contribution is -0.145. The lowest BCUT2D eigenvalue weighted by Gasteiger charge is -2.36. The topological polar surface area (TPSA) is 92.1 Å². The number of ether oxygens (including phenoxy) is 3. The van der Waals surface area contributed by atoms with E-state index in [1.165, 1.54) is 0 Å². The average Bonchev–Trinajstić information content (AvgIpc) is 2.79. The first-order chi connectivity index (χ1) is 14.9. The standard InChI is InChI=1S/C23H31N3O5/c1-25-12-10-17-7-9-20(29-3)21(31-17)15-30-19-8-6-16(14-24)13-18(19)23(28)26(2)11-4-5-22(25)27/h6,8,13,17,20-21H,4-5,7,9-12,15H2,1-3H3/t17-,20-,21+/m1/s1. The predicted molar refractivity (Wildman–Crippen MR) is 114 cm³/mol. The van der Waals surface area contributed by atoms with Gasteiger partial charge in [-0.05, 0) is 43.9 Å². The molecule has 3 atom stereocenters. The van der Waals surface area contributed by atoms with Crippen molar-refractivity contribution in [3.8, 4) is 11.8 Å². The summed E-state index contributed by atoms with van der Waals surface area (Å²) in [6, 6.07) is 6.92. The minimum Gasteiger partial charge on any atom is -0.490 e. The molecule has 8 nitrogen and oxygen atoms in total. The summed E-state index contributed by atoms with van der Waals surface area (Å²) in [5.74, 6) is 0.232. The number of methoxy groups -OCH3 is 1. The van der Waals surface area contributed by atoms with Crippen molar-refractivity contribution in [1.82, 2.24) is 9.80 Å². The second-order valence-electron chi connectivity index (χ2n) is 8.22. The fourth-order valence-electron chi connectivity index (χ4n) is 4.06. The number of hydrogen-bond donors (Lipinski definition) is 0. The van der Waals surface area contributed by atoms with Gasteiger partial charge in [0.1, 0.15) is 18.5 Å². The average molecular weight is 430 g/mol. The molecule has 0 radical (unpaired) electrons. The van der Waals surface area contributed by atoms with Crippen molar-refractivity contribution in [2.75, 3.05) is 40.9 Å². The van der Waals surface area contributed by atoms with Gasteiger partial charge in [0.2, 0.25) is 5.91 Å². The fourth-order valence-corrected chi connectivity index (χ4v) is 4.06. The maximum atomic E-state index is 13.1. The van der Waals surface area contributed by atoms with Crippen molar-refractivity contribution in [2.45, 2.75) is 50.4 Å². The molecule has 0 aromatic heterocycles. The van der Waals surface area contributed by atoms with Gasteiger partial charge in [0.05, 0.1) is 29.4 Å². The number of carbonyl (C=O) groups excluding carboxylic acids is 2. The van der Waals surface area contributed by atoms with E-state index in [1.54, 1.807) is 49.2 Å². The maximum absolute atomic E-state index is 13.1. The molecule has 0 aliphatic carbocycles. The van der Waals surface area contributed by atoms with Crippen molar-refractivity contribution in [1.29, 1.82) is 5.26 Å². The molecule has 1 saturated heterocycles. The number of hydrogen-bond acceptors (Lipinski definition) is 6. The molecular formula is C23H31N3O5. The predicted octanol–water partition coefficient (Wildman–Crippen LogP) is 2.21. The number of benzene rings is 1. The van der Waals surface area contributed by atoms with E-state index in [0.29, 0.717) is 42.8 Å². The number of carbonyl (C=O) groups is 2. The van der Waals surface area contributed by atoms with Crippen LogP contribution in [0.2, 0.25) is 0 Å². The first-order valence-corrected chi connectivity index (χ1v) is 10.8. The molecule has 0 spiro atoms. The maximum Gasteiger partial charge on any atom is 0.257 e. The minimum atomic E-state index is -0.283. The fraction of sp³-hybridized carbons (Fsp3) is 0.609. The Balaban J connectivity index is 1.87. The Kier molecular flexibility index (Phi) is 7.88. The van der Waals surface area contributed by atoms with Gasteiger partial charge in [-0.2, -0.15) is 5.26 Å². The van der Waals surface area contributed by atoms with E-state index in [4.69, 9.17) is 14.2 Å². The molecule has 2 heterocycles. The number of amides is 2. The summed E-state index contributed by atoms with van der Waals surface area (Å²) >= 11 is 0. The molecule has 1 aromatic carbocycles. The van der Waals surface area contributed by atoms with E-state index in [-0.39, 0.29) is 36.7 Å². The summed E-state index contributed by atoms with van der Waals surface area (Å²) in [6.07, 6.45) is 3.04. The highest BCUT2D eigenvalue weighted by atomic mass is 16.6. The van der Waals surface area contributed by atoms with Crippen LogP contribution in [-0.2, 0) is 14.3 Å². The van der Waals surface area contributed by atoms with Crippen LogP contribution in [0.25, 0.3) is 0 Å². The van der Waals surface area contributed by atoms with Crippen LogP contribution in [-0.4, -0.2) is 80.8 Å². The van der Waals surface area contributed by atoms with Gasteiger partial charge in [-0.25, -0.2) is 0 Å². The smallest absolute Gasteiger partial charge is 0.257 e. The van der Waals surface area contributed by atoms with Crippen LogP contribution in [0.1, 0.15) is 48.0 Å². The van der Waals surface area contributed by atoms with Gasteiger partial charge in [0, 0.05) is 40.7 Å². The molecule has 1 aromatic rings. The number of nitrogens with zero attached hydrogens (tertiary/aromatic N) is 3. The van der Waals surface area contributed by atoms with Gasteiger partial charge in [-0.1, -0.05) is 0 Å². The Labute approximate surface area is 183 Å². The van der Waals surface area contributed by atoms with Gasteiger partial charge < -0.3 is 24.0 Å². The number of fused-ring (bicyclic) bond motifs is 3. The highest BCUT2D eigenvalue weighted by Crippen LogP contribution is 2.27. The number of nitriles is 1. The van der Waals surface area contributed by atoms with Crippen molar-refractivity contribution in [3.63, 3.8) is 0 Å². The van der Waals surface area contributed by atoms with Gasteiger partial charge in [0.15, 0.2) is 0 Å². The molecule has 31 heavy (non-hydrogen) atoms. The Morgan fingerprint density at radius 3 is 2.68 bits per heavy atom. The second kappa shape index (κ2) is 10.6. The third kappa shape index (κ3) is 5.75. The zero-order valence-electron chi connectivity index (χ0n) is 18.5. The molecule has 0 saturated carbocycles. The molecule has 3 rings (SSSR count). The van der Waals surface area contributed by atoms with E-state index in [0.717, 1.165) is 19.3 Å². The van der Waals surface area contributed by atoms with Crippen LogP contribution in [0, 0.1) is 11.3 Å². The van der Waals surface area contributed by atoms with Crippen molar-refractivity contribution in [3.05, 3.63) is 29.3 Å². The lowest BCUT2D eigenvalue weighted by atomic mass is 9.99. The quantitative estimate of drug-likeness (QED) is 0.680. The lowest BCUT2D eigenvalue weighted by Crippen LogP contribution is -2.44. The SMILES string of the molecule is CO[C@@H]1CC[C@@H]2CCN(C)C(=O)CCCN(C)C(=O)c3cc(C#N)ccc3OC[C@@H]1O2. The van der Waals surface area contributed by atoms with E-state index >= 15 is 0 Å². The highest BCUT2D eigenvalue weighted by molar-refractivity contribution is 5.97. The minimum absolute atomic E-state index is 0.0244. The van der Waals surface area contributed by atoms with Crippen LogP contribution < -0.4 is 4.74 Å². The Bertz CT molecular complexity index is 837. The second-order valence-corrected chi connectivity index (χ2v) is 8.22. The van der Waals surface area contributed by atoms with E-state index in [9.17, 15) is 14.9 Å². The van der Waals surface area contributed by atoms with Crippen LogP contribution in [0.15, 0.2) is 18.2 Å². The molecule has 8 heteroatoms. The largest absolute Gasteiger partial charge is 0.490 e. The summed E-state index contributed by atoms with van der Waals surface area (Å²) < 4.78 is 17.9. The molecule has 2 amide bonds.